The highest BCUT2D eigenvalue weighted by Gasteiger charge is 2.17. The third-order valence-electron chi connectivity index (χ3n) is 5.40. The van der Waals surface area contributed by atoms with Gasteiger partial charge in [0.2, 0.25) is 5.91 Å². The number of aromatic nitrogens is 1. The fraction of sp³-hybridized carbons (Fsp3) is 0.280. The van der Waals surface area contributed by atoms with Crippen molar-refractivity contribution >= 4 is 27.8 Å². The van der Waals surface area contributed by atoms with Crippen LogP contribution < -0.4 is 10.5 Å². The Morgan fingerprint density at radius 1 is 1.06 bits per heavy atom. The first-order chi connectivity index (χ1) is 15.1. The lowest BCUT2D eigenvalue weighted by atomic mass is 10.0. The number of fused-ring (bicyclic) bond motifs is 2. The first kappa shape index (κ1) is 20.7. The zero-order chi connectivity index (χ0) is 21.8. The largest absolute Gasteiger partial charge is 0.493 e. The minimum atomic E-state index is -0.444. The number of amides is 1. The molecule has 6 heteroatoms. The van der Waals surface area contributed by atoms with Crippen LogP contribution in [0.2, 0.25) is 0 Å². The highest BCUT2D eigenvalue weighted by Crippen LogP contribution is 2.29. The first-order valence-electron chi connectivity index (χ1n) is 10.5. The van der Waals surface area contributed by atoms with E-state index in [0.29, 0.717) is 24.3 Å². The molecule has 0 spiro atoms. The average Bonchev–Trinajstić information content (AvgIpc) is 3.11. The Balaban J connectivity index is 1.53. The minimum absolute atomic E-state index is 0.0495. The lowest BCUT2D eigenvalue weighted by Gasteiger charge is -2.21. The van der Waals surface area contributed by atoms with Gasteiger partial charge in [-0.25, -0.2) is 4.79 Å². The second-order valence-corrected chi connectivity index (χ2v) is 7.60. The van der Waals surface area contributed by atoms with E-state index >= 15 is 0 Å². The van der Waals surface area contributed by atoms with E-state index in [1.165, 1.54) is 4.57 Å². The summed E-state index contributed by atoms with van der Waals surface area (Å²) in [5, 5.41) is 2.19. The number of hydrogen-bond acceptors (Lipinski definition) is 4. The molecule has 0 aliphatic carbocycles. The lowest BCUT2D eigenvalue weighted by Crippen LogP contribution is -2.28. The highest BCUT2D eigenvalue weighted by molar-refractivity contribution is 5.88. The van der Waals surface area contributed by atoms with Crippen LogP contribution in [0.25, 0.3) is 21.9 Å². The summed E-state index contributed by atoms with van der Waals surface area (Å²) in [6.07, 6.45) is 1.12. The second-order valence-electron chi connectivity index (χ2n) is 7.60. The topological polar surface area (TPSA) is 64.7 Å². The molecule has 0 saturated heterocycles. The van der Waals surface area contributed by atoms with Crippen molar-refractivity contribution < 1.29 is 13.9 Å². The average molecular weight is 418 g/mol. The molecule has 0 fully saturated rings. The van der Waals surface area contributed by atoms with Gasteiger partial charge in [-0.2, -0.15) is 0 Å². The van der Waals surface area contributed by atoms with Crippen molar-refractivity contribution in [3.8, 4) is 5.75 Å². The quantitative estimate of drug-likeness (QED) is 0.420. The maximum atomic E-state index is 12.9. The molecule has 4 aromatic rings. The number of carbonyl (C=O) groups excluding carboxylic acids is 1. The van der Waals surface area contributed by atoms with Crippen molar-refractivity contribution in [2.75, 3.05) is 13.7 Å². The van der Waals surface area contributed by atoms with E-state index in [4.69, 9.17) is 9.15 Å². The normalized spacial score (nSPS) is 11.2. The number of ether oxygens (including phenoxy) is 1. The molecule has 160 valence electrons. The molecule has 0 unspecified atom stereocenters. The molecule has 31 heavy (non-hydrogen) atoms. The summed E-state index contributed by atoms with van der Waals surface area (Å²) >= 11 is 0. The summed E-state index contributed by atoms with van der Waals surface area (Å²) in [5.74, 6) is 0.310. The molecule has 3 aromatic carbocycles. The van der Waals surface area contributed by atoms with Gasteiger partial charge in [-0.15, -0.1) is 0 Å². The predicted molar refractivity (Wildman–Crippen MR) is 121 cm³/mol. The van der Waals surface area contributed by atoms with Crippen LogP contribution in [0, 0.1) is 0 Å². The first-order valence-corrected chi connectivity index (χ1v) is 10.5. The molecule has 4 rings (SSSR count). The number of para-hydroxylation sites is 2. The van der Waals surface area contributed by atoms with Crippen LogP contribution in [0.3, 0.4) is 0 Å². The Morgan fingerprint density at radius 2 is 1.84 bits per heavy atom. The smallest absolute Gasteiger partial charge is 0.419 e. The number of benzene rings is 3. The molecule has 6 nitrogen and oxygen atoms in total. The van der Waals surface area contributed by atoms with Crippen LogP contribution in [0.1, 0.15) is 25.3 Å². The Morgan fingerprint density at radius 3 is 2.68 bits per heavy atom. The number of nitrogens with zero attached hydrogens (tertiary/aromatic N) is 2. The Bertz CT molecular complexity index is 1270. The number of hydrogen-bond donors (Lipinski definition) is 0. The molecule has 0 aliphatic heterocycles. The fourth-order valence-corrected chi connectivity index (χ4v) is 3.78. The van der Waals surface area contributed by atoms with Crippen LogP contribution in [0.5, 0.6) is 5.75 Å². The Kier molecular flexibility index (Phi) is 6.07. The van der Waals surface area contributed by atoms with Gasteiger partial charge in [0.05, 0.1) is 12.1 Å². The maximum absolute atomic E-state index is 12.9. The Labute approximate surface area is 180 Å². The number of aryl methyl sites for hydroxylation is 1. The Hall–Kier alpha value is -3.54. The molecule has 0 bridgehead atoms. The van der Waals surface area contributed by atoms with Crippen molar-refractivity contribution in [2.24, 2.45) is 0 Å². The summed E-state index contributed by atoms with van der Waals surface area (Å²) in [6, 6.07) is 19.4. The highest BCUT2D eigenvalue weighted by atomic mass is 16.5. The lowest BCUT2D eigenvalue weighted by molar-refractivity contribution is -0.130. The molecule has 0 atom stereocenters. The van der Waals surface area contributed by atoms with Gasteiger partial charge in [-0.05, 0) is 35.4 Å². The van der Waals surface area contributed by atoms with Gasteiger partial charge in [-0.1, -0.05) is 49.4 Å². The third kappa shape index (κ3) is 4.33. The molecule has 0 radical (unpaired) electrons. The van der Waals surface area contributed by atoms with Crippen molar-refractivity contribution in [1.29, 1.82) is 0 Å². The third-order valence-corrected chi connectivity index (χ3v) is 5.40. The van der Waals surface area contributed by atoms with Gasteiger partial charge in [0.1, 0.15) is 5.75 Å². The van der Waals surface area contributed by atoms with Gasteiger partial charge in [0.25, 0.3) is 0 Å². The fourth-order valence-electron chi connectivity index (χ4n) is 3.78. The van der Waals surface area contributed by atoms with Crippen LogP contribution in [-0.4, -0.2) is 29.0 Å². The van der Waals surface area contributed by atoms with E-state index in [9.17, 15) is 9.59 Å². The van der Waals surface area contributed by atoms with Crippen molar-refractivity contribution in [1.82, 2.24) is 9.47 Å². The monoisotopic (exact) mass is 418 g/mol. The van der Waals surface area contributed by atoms with Crippen LogP contribution in [0.4, 0.5) is 0 Å². The van der Waals surface area contributed by atoms with E-state index in [1.807, 2.05) is 42.5 Å². The molecule has 0 N–H and O–H groups in total. The maximum Gasteiger partial charge on any atom is 0.419 e. The molecule has 1 heterocycles. The molecule has 1 aromatic heterocycles. The molecule has 0 aliphatic rings. The zero-order valence-electron chi connectivity index (χ0n) is 17.8. The zero-order valence-corrected chi connectivity index (χ0v) is 17.8. The van der Waals surface area contributed by atoms with Crippen LogP contribution >= 0.6 is 0 Å². The van der Waals surface area contributed by atoms with Gasteiger partial charge >= 0.3 is 5.76 Å². The molecule has 0 saturated carbocycles. The van der Waals surface area contributed by atoms with Crippen LogP contribution in [0.15, 0.2) is 69.9 Å². The number of carbonyl (C=O) groups is 1. The molecule has 1 amide bonds. The van der Waals surface area contributed by atoms with Gasteiger partial charge in [0, 0.05) is 32.1 Å². The van der Waals surface area contributed by atoms with E-state index in [-0.39, 0.29) is 18.9 Å². The standard InChI is InChI=1S/C25H26N2O4/c1-3-16-30-22-13-12-18-8-4-5-9-19(18)20(22)17-26(2)24(28)14-15-27-21-10-6-7-11-23(21)31-25(27)29/h4-13H,3,14-17H2,1-2H3. The van der Waals surface area contributed by atoms with Crippen molar-refractivity contribution in [3.05, 3.63) is 76.8 Å². The van der Waals surface area contributed by atoms with E-state index in [0.717, 1.165) is 28.5 Å². The van der Waals surface area contributed by atoms with Crippen LogP contribution in [-0.2, 0) is 17.9 Å². The summed E-state index contributed by atoms with van der Waals surface area (Å²) < 4.78 is 12.7. The van der Waals surface area contributed by atoms with Crippen molar-refractivity contribution in [2.45, 2.75) is 32.9 Å². The van der Waals surface area contributed by atoms with Gasteiger partial charge < -0.3 is 14.1 Å². The summed E-state index contributed by atoms with van der Waals surface area (Å²) in [6.45, 7) is 3.39. The SMILES string of the molecule is CCCOc1ccc2ccccc2c1CN(C)C(=O)CCn1c(=O)oc2ccccc21. The summed E-state index contributed by atoms with van der Waals surface area (Å²) in [5.41, 5.74) is 2.22. The van der Waals surface area contributed by atoms with E-state index in [2.05, 4.69) is 19.1 Å². The number of oxazole rings is 1. The number of rotatable bonds is 8. The van der Waals surface area contributed by atoms with Crippen molar-refractivity contribution in [3.63, 3.8) is 0 Å². The molecular weight excluding hydrogens is 392 g/mol. The summed E-state index contributed by atoms with van der Waals surface area (Å²) in [7, 11) is 1.78. The van der Waals surface area contributed by atoms with Gasteiger partial charge in [-0.3, -0.25) is 9.36 Å². The van der Waals surface area contributed by atoms with E-state index < -0.39 is 5.76 Å². The minimum Gasteiger partial charge on any atom is -0.493 e. The van der Waals surface area contributed by atoms with E-state index in [1.54, 1.807) is 18.0 Å². The summed E-state index contributed by atoms with van der Waals surface area (Å²) in [4.78, 5) is 26.7. The molecular formula is C25H26N2O4. The van der Waals surface area contributed by atoms with Gasteiger partial charge in [0.15, 0.2) is 5.58 Å². The second kappa shape index (κ2) is 9.08. The predicted octanol–water partition coefficient (Wildman–Crippen LogP) is 4.59.